The number of hydrogen-bond acceptors (Lipinski definition) is 5. The minimum Gasteiger partial charge on any atom is -0.349 e. The van der Waals surface area contributed by atoms with Crippen LogP contribution in [0.1, 0.15) is 40.5 Å². The van der Waals surface area contributed by atoms with Gasteiger partial charge in [0, 0.05) is 31.2 Å². The smallest absolute Gasteiger partial charge is 0.254 e. The largest absolute Gasteiger partial charge is 0.349 e. The maximum absolute atomic E-state index is 13.6. The lowest BCUT2D eigenvalue weighted by Gasteiger charge is -2.32. The van der Waals surface area contributed by atoms with Crippen LogP contribution in [0.15, 0.2) is 60.1 Å². The Morgan fingerprint density at radius 3 is 2.61 bits per heavy atom. The van der Waals surface area contributed by atoms with Crippen LogP contribution in [0.4, 0.5) is 0 Å². The summed E-state index contributed by atoms with van der Waals surface area (Å²) in [7, 11) is 0. The van der Waals surface area contributed by atoms with Crippen LogP contribution in [-0.4, -0.2) is 50.6 Å². The summed E-state index contributed by atoms with van der Waals surface area (Å²) >= 11 is 1.60. The van der Waals surface area contributed by atoms with Crippen LogP contribution in [0.3, 0.4) is 0 Å². The van der Waals surface area contributed by atoms with Crippen molar-refractivity contribution in [2.24, 2.45) is 0 Å². The fourth-order valence-corrected chi connectivity index (χ4v) is 4.95. The van der Waals surface area contributed by atoms with E-state index in [1.54, 1.807) is 17.5 Å². The molecule has 3 aromatic heterocycles. The van der Waals surface area contributed by atoms with Crippen molar-refractivity contribution in [1.29, 1.82) is 0 Å². The number of piperidine rings is 1. The molecule has 1 fully saturated rings. The number of amides is 2. The molecule has 1 aliphatic rings. The van der Waals surface area contributed by atoms with Gasteiger partial charge < -0.3 is 10.2 Å². The molecule has 1 N–H and O–H groups in total. The van der Waals surface area contributed by atoms with Crippen LogP contribution >= 0.6 is 11.3 Å². The molecule has 0 atom stereocenters. The third-order valence-corrected chi connectivity index (χ3v) is 6.96. The summed E-state index contributed by atoms with van der Waals surface area (Å²) in [5.41, 5.74) is 2.82. The summed E-state index contributed by atoms with van der Waals surface area (Å²) in [6, 6.07) is 15.2. The summed E-state index contributed by atoms with van der Waals surface area (Å²) in [6.45, 7) is 3.89. The van der Waals surface area contributed by atoms with E-state index in [2.05, 4.69) is 10.4 Å². The normalized spacial score (nSPS) is 14.5. The lowest BCUT2D eigenvalue weighted by atomic mass is 10.0. The number of nitrogens with one attached hydrogen (secondary N) is 1. The number of pyridine rings is 1. The molecular formula is C25H25N5O2S. The van der Waals surface area contributed by atoms with Crippen LogP contribution in [0, 0.1) is 0 Å². The molecule has 168 valence electrons. The van der Waals surface area contributed by atoms with E-state index in [1.165, 1.54) is 0 Å². The first-order chi connectivity index (χ1) is 16.1. The van der Waals surface area contributed by atoms with E-state index >= 15 is 0 Å². The molecule has 2 amide bonds. The van der Waals surface area contributed by atoms with Crippen molar-refractivity contribution in [3.05, 3.63) is 71.2 Å². The molecule has 0 unspecified atom stereocenters. The Labute approximate surface area is 196 Å². The Morgan fingerprint density at radius 2 is 1.91 bits per heavy atom. The van der Waals surface area contributed by atoms with Crippen molar-refractivity contribution >= 4 is 34.2 Å². The number of carbonyl (C=O) groups is 2. The molecule has 1 aliphatic heterocycles. The Morgan fingerprint density at radius 1 is 1.12 bits per heavy atom. The monoisotopic (exact) mass is 459 g/mol. The number of rotatable bonds is 5. The second-order valence-electron chi connectivity index (χ2n) is 8.14. The fraction of sp³-hybridized carbons (Fsp3) is 0.280. The van der Waals surface area contributed by atoms with E-state index in [0.29, 0.717) is 30.8 Å². The Kier molecular flexibility index (Phi) is 5.92. The maximum Gasteiger partial charge on any atom is 0.254 e. The van der Waals surface area contributed by atoms with Gasteiger partial charge in [-0.2, -0.15) is 5.10 Å². The van der Waals surface area contributed by atoms with Crippen LogP contribution in [-0.2, 0) is 6.54 Å². The van der Waals surface area contributed by atoms with Crippen molar-refractivity contribution in [3.8, 4) is 10.6 Å². The number of hydrogen-bond donors (Lipinski definition) is 1. The quantitative estimate of drug-likeness (QED) is 0.485. The van der Waals surface area contributed by atoms with Gasteiger partial charge in [0.05, 0.1) is 27.7 Å². The van der Waals surface area contributed by atoms with E-state index in [0.717, 1.165) is 34.4 Å². The molecule has 4 aromatic rings. The van der Waals surface area contributed by atoms with Gasteiger partial charge in [-0.3, -0.25) is 9.59 Å². The highest BCUT2D eigenvalue weighted by Crippen LogP contribution is 2.29. The summed E-state index contributed by atoms with van der Waals surface area (Å²) in [5.74, 6) is -0.0764. The van der Waals surface area contributed by atoms with Gasteiger partial charge in [0.25, 0.3) is 11.8 Å². The summed E-state index contributed by atoms with van der Waals surface area (Å²) in [4.78, 5) is 33.7. The van der Waals surface area contributed by atoms with E-state index < -0.39 is 0 Å². The van der Waals surface area contributed by atoms with Gasteiger partial charge in [-0.25, -0.2) is 9.67 Å². The first kappa shape index (κ1) is 21.3. The average Bonchev–Trinajstić information content (AvgIpc) is 3.54. The number of thiophene rings is 1. The van der Waals surface area contributed by atoms with Crippen molar-refractivity contribution in [2.45, 2.75) is 32.4 Å². The molecule has 4 heterocycles. The number of likely N-dealkylation sites (tertiary alicyclic amines) is 1. The molecule has 1 aromatic carbocycles. The molecule has 0 aliphatic carbocycles. The molecule has 0 spiro atoms. The summed E-state index contributed by atoms with van der Waals surface area (Å²) < 4.78 is 1.83. The number of benzene rings is 1. The fourth-order valence-electron chi connectivity index (χ4n) is 4.26. The number of carbonyl (C=O) groups excluding carboxylic acids is 2. The lowest BCUT2D eigenvalue weighted by molar-refractivity contribution is 0.0700. The van der Waals surface area contributed by atoms with Crippen LogP contribution in [0.2, 0.25) is 0 Å². The molecule has 0 radical (unpaired) electrons. The zero-order valence-electron chi connectivity index (χ0n) is 18.4. The SMILES string of the molecule is CCn1ncc2c(C(=O)N3CCC(NC(=O)c4ccccc4)CC3)cc(-c3cccs3)nc21. The number of aryl methyl sites for hydroxylation is 1. The second-order valence-corrected chi connectivity index (χ2v) is 9.08. The predicted molar refractivity (Wildman–Crippen MR) is 129 cm³/mol. The van der Waals surface area contributed by atoms with Gasteiger partial charge in [-0.1, -0.05) is 24.3 Å². The zero-order chi connectivity index (χ0) is 22.8. The van der Waals surface area contributed by atoms with E-state index in [4.69, 9.17) is 4.98 Å². The summed E-state index contributed by atoms with van der Waals surface area (Å²) in [6.07, 6.45) is 3.19. The van der Waals surface area contributed by atoms with Crippen molar-refractivity contribution in [3.63, 3.8) is 0 Å². The molecule has 0 bridgehead atoms. The average molecular weight is 460 g/mol. The standard InChI is InChI=1S/C25H25N5O2S/c1-2-30-23-20(16-26-30)19(15-21(28-23)22-9-6-14-33-22)25(32)29-12-10-18(11-13-29)27-24(31)17-7-4-3-5-8-17/h3-9,14-16,18H,2,10-13H2,1H3,(H,27,31). The zero-order valence-corrected chi connectivity index (χ0v) is 19.2. The first-order valence-corrected chi connectivity index (χ1v) is 12.1. The summed E-state index contributed by atoms with van der Waals surface area (Å²) in [5, 5.41) is 10.3. The molecule has 1 saturated heterocycles. The molecule has 0 saturated carbocycles. The van der Waals surface area contributed by atoms with Gasteiger partial charge in [0.1, 0.15) is 0 Å². The van der Waals surface area contributed by atoms with Gasteiger partial charge >= 0.3 is 0 Å². The topological polar surface area (TPSA) is 80.1 Å². The van der Waals surface area contributed by atoms with Gasteiger partial charge in [0.2, 0.25) is 0 Å². The van der Waals surface area contributed by atoms with Gasteiger partial charge in [-0.05, 0) is 49.4 Å². The van der Waals surface area contributed by atoms with Gasteiger partial charge in [-0.15, -0.1) is 11.3 Å². The Hall–Kier alpha value is -3.52. The first-order valence-electron chi connectivity index (χ1n) is 11.2. The van der Waals surface area contributed by atoms with E-state index in [1.807, 2.05) is 70.4 Å². The number of fused-ring (bicyclic) bond motifs is 1. The van der Waals surface area contributed by atoms with Crippen LogP contribution in [0.25, 0.3) is 21.6 Å². The highest BCUT2D eigenvalue weighted by molar-refractivity contribution is 7.13. The molecule has 8 heteroatoms. The number of nitrogens with zero attached hydrogens (tertiary/aromatic N) is 4. The minimum absolute atomic E-state index is 0.0105. The molecular weight excluding hydrogens is 434 g/mol. The third kappa shape index (κ3) is 4.26. The molecule has 33 heavy (non-hydrogen) atoms. The van der Waals surface area contributed by atoms with E-state index in [9.17, 15) is 9.59 Å². The van der Waals surface area contributed by atoms with Crippen LogP contribution < -0.4 is 5.32 Å². The Bertz CT molecular complexity index is 1280. The van der Waals surface area contributed by atoms with Crippen molar-refractivity contribution in [1.82, 2.24) is 25.0 Å². The predicted octanol–water partition coefficient (Wildman–Crippen LogP) is 4.21. The molecule has 5 rings (SSSR count). The van der Waals surface area contributed by atoms with E-state index in [-0.39, 0.29) is 17.9 Å². The second kappa shape index (κ2) is 9.15. The maximum atomic E-state index is 13.6. The van der Waals surface area contributed by atoms with Crippen LogP contribution in [0.5, 0.6) is 0 Å². The van der Waals surface area contributed by atoms with Gasteiger partial charge in [0.15, 0.2) is 5.65 Å². The van der Waals surface area contributed by atoms with Crippen molar-refractivity contribution < 1.29 is 9.59 Å². The lowest BCUT2D eigenvalue weighted by Crippen LogP contribution is -2.46. The third-order valence-electron chi connectivity index (χ3n) is 6.07. The van der Waals surface area contributed by atoms with Crippen molar-refractivity contribution in [2.75, 3.05) is 13.1 Å². The highest BCUT2D eigenvalue weighted by atomic mass is 32.1. The Balaban J connectivity index is 1.34. The minimum atomic E-state index is -0.0659. The number of aromatic nitrogens is 3. The molecule has 7 nitrogen and oxygen atoms in total. The highest BCUT2D eigenvalue weighted by Gasteiger charge is 2.27.